The number of thiophene rings is 1. The van der Waals surface area contributed by atoms with E-state index in [2.05, 4.69) is 10.6 Å². The molecule has 0 saturated carbocycles. The third-order valence-corrected chi connectivity index (χ3v) is 3.72. The molecule has 1 aromatic heterocycles. The number of aryl methyl sites for hydroxylation is 1. The highest BCUT2D eigenvalue weighted by molar-refractivity contribution is 7.16. The normalized spacial score (nSPS) is 9.89. The lowest BCUT2D eigenvalue weighted by atomic mass is 10.1. The van der Waals surface area contributed by atoms with Gasteiger partial charge < -0.3 is 10.4 Å². The number of carbonyl (C=O) groups is 2. The lowest BCUT2D eigenvalue weighted by molar-refractivity contribution is 0.0697. The van der Waals surface area contributed by atoms with Crippen molar-refractivity contribution >= 4 is 28.3 Å². The quantitative estimate of drug-likeness (QED) is 0.742. The van der Waals surface area contributed by atoms with Crippen molar-refractivity contribution in [2.24, 2.45) is 0 Å². The molecule has 0 aliphatic rings. The van der Waals surface area contributed by atoms with E-state index < -0.39 is 12.0 Å². The van der Waals surface area contributed by atoms with Gasteiger partial charge in [0.15, 0.2) is 0 Å². The molecule has 19 heavy (non-hydrogen) atoms. The zero-order valence-electron chi connectivity index (χ0n) is 11.5. The minimum absolute atomic E-state index is 0.167. The van der Waals surface area contributed by atoms with Gasteiger partial charge in [-0.25, -0.2) is 9.59 Å². The minimum atomic E-state index is -1.03. The van der Waals surface area contributed by atoms with E-state index in [9.17, 15) is 9.59 Å². The minimum Gasteiger partial charge on any atom is -0.478 e. The number of amides is 2. The van der Waals surface area contributed by atoms with Crippen molar-refractivity contribution in [1.29, 1.82) is 0 Å². The first-order valence-corrected chi connectivity index (χ1v) is 6.66. The summed E-state index contributed by atoms with van der Waals surface area (Å²) in [6.07, 6.45) is 1.88. The van der Waals surface area contributed by atoms with Gasteiger partial charge in [-0.2, -0.15) is 0 Å². The van der Waals surface area contributed by atoms with Gasteiger partial charge in [-0.3, -0.25) is 5.32 Å². The van der Waals surface area contributed by atoms with E-state index in [0.717, 1.165) is 10.5 Å². The molecule has 0 aromatic carbocycles. The van der Waals surface area contributed by atoms with E-state index in [1.54, 1.807) is 6.92 Å². The molecule has 6 heteroatoms. The Morgan fingerprint density at radius 2 is 1.95 bits per heavy atom. The molecule has 0 atom stereocenters. The Hall–Kier alpha value is -1.82. The molecule has 3 N–H and O–H groups in total. The van der Waals surface area contributed by atoms with Gasteiger partial charge >= 0.3 is 12.0 Å². The predicted octanol–water partition coefficient (Wildman–Crippen LogP) is 3.15. The van der Waals surface area contributed by atoms with Crippen LogP contribution in [0, 0.1) is 13.8 Å². The van der Waals surface area contributed by atoms with Crippen molar-refractivity contribution in [2.45, 2.75) is 27.7 Å². The highest BCUT2D eigenvalue weighted by Crippen LogP contribution is 2.32. The van der Waals surface area contributed by atoms with Gasteiger partial charge in [0.2, 0.25) is 0 Å². The van der Waals surface area contributed by atoms with Crippen molar-refractivity contribution in [3.8, 4) is 0 Å². The van der Waals surface area contributed by atoms with Crippen LogP contribution < -0.4 is 10.6 Å². The molecule has 0 saturated heterocycles. The van der Waals surface area contributed by atoms with E-state index in [1.165, 1.54) is 11.3 Å². The van der Waals surface area contributed by atoms with Crippen LogP contribution in [0.1, 0.15) is 34.6 Å². The summed E-state index contributed by atoms with van der Waals surface area (Å²) in [5.74, 6) is -1.03. The van der Waals surface area contributed by atoms with Crippen LogP contribution in [-0.4, -0.2) is 23.7 Å². The van der Waals surface area contributed by atoms with Crippen molar-refractivity contribution in [1.82, 2.24) is 5.32 Å². The van der Waals surface area contributed by atoms with Crippen LogP contribution in [0.15, 0.2) is 11.6 Å². The third-order valence-electron chi connectivity index (χ3n) is 2.60. The molecule has 0 radical (unpaired) electrons. The van der Waals surface area contributed by atoms with Gasteiger partial charge in [0.05, 0.1) is 5.56 Å². The Bertz CT molecular complexity index is 528. The lowest BCUT2D eigenvalue weighted by Gasteiger charge is -2.05. The molecular formula is C13H18N2O3S. The molecular weight excluding hydrogens is 264 g/mol. The number of carboxylic acids is 1. The fraction of sp³-hybridized carbons (Fsp3) is 0.385. The molecule has 0 bridgehead atoms. The standard InChI is InChI=1S/C13H18N2O3S/c1-7(2)5-6-14-13(18)15-11-10(12(16)17)8(3)9(4)19-11/h5H,6H2,1-4H3,(H,16,17)(H2,14,15,18). The van der Waals surface area contributed by atoms with Gasteiger partial charge in [0, 0.05) is 11.4 Å². The first-order chi connectivity index (χ1) is 8.82. The first-order valence-electron chi connectivity index (χ1n) is 5.84. The number of allylic oxidation sites excluding steroid dienone is 1. The number of carboxylic acid groups (broad SMARTS) is 1. The summed E-state index contributed by atoms with van der Waals surface area (Å²) in [7, 11) is 0. The van der Waals surface area contributed by atoms with Crippen molar-refractivity contribution < 1.29 is 14.7 Å². The van der Waals surface area contributed by atoms with Crippen LogP contribution in [-0.2, 0) is 0 Å². The first kappa shape index (κ1) is 15.2. The molecule has 1 heterocycles. The molecule has 5 nitrogen and oxygen atoms in total. The number of hydrogen-bond donors (Lipinski definition) is 3. The molecule has 0 spiro atoms. The predicted molar refractivity (Wildman–Crippen MR) is 77.2 cm³/mol. The van der Waals surface area contributed by atoms with E-state index in [0.29, 0.717) is 17.1 Å². The lowest BCUT2D eigenvalue weighted by Crippen LogP contribution is -2.29. The van der Waals surface area contributed by atoms with Crippen LogP contribution in [0.3, 0.4) is 0 Å². The molecule has 2 amide bonds. The monoisotopic (exact) mass is 282 g/mol. The molecule has 0 fully saturated rings. The van der Waals surface area contributed by atoms with Crippen LogP contribution in [0.25, 0.3) is 0 Å². The number of hydrogen-bond acceptors (Lipinski definition) is 3. The zero-order chi connectivity index (χ0) is 14.6. The van der Waals surface area contributed by atoms with E-state index in [-0.39, 0.29) is 5.56 Å². The Kier molecular flexibility index (Phi) is 5.11. The van der Waals surface area contributed by atoms with Gasteiger partial charge in [-0.1, -0.05) is 11.6 Å². The summed E-state index contributed by atoms with van der Waals surface area (Å²) >= 11 is 1.27. The number of urea groups is 1. The fourth-order valence-corrected chi connectivity index (χ4v) is 2.52. The number of carbonyl (C=O) groups excluding carboxylic acids is 1. The van der Waals surface area contributed by atoms with Gasteiger partial charge in [0.1, 0.15) is 5.00 Å². The van der Waals surface area contributed by atoms with Crippen LogP contribution in [0.2, 0.25) is 0 Å². The fourth-order valence-electron chi connectivity index (χ4n) is 1.47. The molecule has 0 unspecified atom stereocenters. The third kappa shape index (κ3) is 4.10. The smallest absolute Gasteiger partial charge is 0.338 e. The van der Waals surface area contributed by atoms with Crippen LogP contribution >= 0.6 is 11.3 Å². The maximum atomic E-state index is 11.7. The second kappa shape index (κ2) is 6.38. The number of anilines is 1. The zero-order valence-corrected chi connectivity index (χ0v) is 12.3. The Morgan fingerprint density at radius 1 is 1.32 bits per heavy atom. The van der Waals surface area contributed by atoms with Gasteiger partial charge in [0.25, 0.3) is 0 Å². The van der Waals surface area contributed by atoms with E-state index >= 15 is 0 Å². The van der Waals surface area contributed by atoms with Crippen LogP contribution in [0.4, 0.5) is 9.80 Å². The van der Waals surface area contributed by atoms with Crippen LogP contribution in [0.5, 0.6) is 0 Å². The van der Waals surface area contributed by atoms with Gasteiger partial charge in [-0.15, -0.1) is 11.3 Å². The largest absolute Gasteiger partial charge is 0.478 e. The maximum absolute atomic E-state index is 11.7. The second-order valence-electron chi connectivity index (χ2n) is 4.41. The number of nitrogens with one attached hydrogen (secondary N) is 2. The summed E-state index contributed by atoms with van der Waals surface area (Å²) in [4.78, 5) is 23.7. The summed E-state index contributed by atoms with van der Waals surface area (Å²) < 4.78 is 0. The average molecular weight is 282 g/mol. The number of aromatic carboxylic acids is 1. The highest BCUT2D eigenvalue weighted by Gasteiger charge is 2.19. The van der Waals surface area contributed by atoms with E-state index in [1.807, 2.05) is 26.8 Å². The Labute approximate surface area is 116 Å². The van der Waals surface area contributed by atoms with Crippen molar-refractivity contribution in [3.63, 3.8) is 0 Å². The topological polar surface area (TPSA) is 78.4 Å². The Morgan fingerprint density at radius 3 is 2.47 bits per heavy atom. The molecule has 1 aromatic rings. The summed E-state index contributed by atoms with van der Waals surface area (Å²) in [5, 5.41) is 14.7. The van der Waals surface area contributed by atoms with Crippen molar-refractivity contribution in [3.05, 3.63) is 27.7 Å². The highest BCUT2D eigenvalue weighted by atomic mass is 32.1. The van der Waals surface area contributed by atoms with E-state index in [4.69, 9.17) is 5.11 Å². The summed E-state index contributed by atoms with van der Waals surface area (Å²) in [6, 6.07) is -0.402. The Balaban J connectivity index is 2.77. The summed E-state index contributed by atoms with van der Waals surface area (Å²) in [6.45, 7) is 7.86. The number of rotatable bonds is 4. The molecule has 0 aliphatic carbocycles. The molecule has 1 rings (SSSR count). The maximum Gasteiger partial charge on any atom is 0.338 e. The SMILES string of the molecule is CC(C)=CCNC(=O)Nc1sc(C)c(C)c1C(=O)O. The second-order valence-corrected chi connectivity index (χ2v) is 5.63. The molecule has 0 aliphatic heterocycles. The summed E-state index contributed by atoms with van der Waals surface area (Å²) in [5.41, 5.74) is 1.96. The van der Waals surface area contributed by atoms with Crippen molar-refractivity contribution in [2.75, 3.05) is 11.9 Å². The average Bonchev–Trinajstić information content (AvgIpc) is 2.53. The van der Waals surface area contributed by atoms with Gasteiger partial charge in [-0.05, 0) is 33.3 Å². The molecule has 104 valence electrons.